The summed E-state index contributed by atoms with van der Waals surface area (Å²) in [6.45, 7) is 6.47. The molecule has 3 heteroatoms. The summed E-state index contributed by atoms with van der Waals surface area (Å²) in [5.74, 6) is 6.38. The molecule has 1 aliphatic carbocycles. The maximum absolute atomic E-state index is 5.43. The first-order valence-electron chi connectivity index (χ1n) is 4.65. The molecule has 0 atom stereocenters. The van der Waals surface area contributed by atoms with Gasteiger partial charge in [0, 0.05) is 5.41 Å². The van der Waals surface area contributed by atoms with Crippen molar-refractivity contribution in [3.63, 3.8) is 0 Å². The fourth-order valence-electron chi connectivity index (χ4n) is 0.961. The highest BCUT2D eigenvalue weighted by molar-refractivity contribution is 5.87. The van der Waals surface area contributed by atoms with Gasteiger partial charge in [-0.3, -0.25) is 4.99 Å². The Balaban J connectivity index is 2.65. The van der Waals surface area contributed by atoms with Crippen molar-refractivity contribution < 1.29 is 0 Å². The largest absolute Gasteiger partial charge is 0.312 e. The van der Waals surface area contributed by atoms with Gasteiger partial charge >= 0.3 is 0 Å². The van der Waals surface area contributed by atoms with E-state index in [0.717, 1.165) is 12.3 Å². The fraction of sp³-hybridized carbons (Fsp3) is 0.889. The lowest BCUT2D eigenvalue weighted by molar-refractivity contribution is 0.483. The van der Waals surface area contributed by atoms with Crippen LogP contribution < -0.4 is 11.3 Å². The van der Waals surface area contributed by atoms with Crippen LogP contribution in [-0.4, -0.2) is 11.9 Å². The van der Waals surface area contributed by atoms with Crippen LogP contribution in [0.15, 0.2) is 4.99 Å². The van der Waals surface area contributed by atoms with E-state index in [4.69, 9.17) is 5.84 Å². The van der Waals surface area contributed by atoms with Crippen LogP contribution in [0.3, 0.4) is 0 Å². The number of nitrogens with two attached hydrogens (primary N) is 1. The first kappa shape index (κ1) is 9.52. The second-order valence-electron chi connectivity index (χ2n) is 4.09. The Labute approximate surface area is 74.4 Å². The predicted octanol–water partition coefficient (Wildman–Crippen LogP) is 1.45. The standard InChI is InChI=1S/C9H19N3/c1-4-9(2,3)8(12-10)11-7-5-6-7/h7H,4-6,10H2,1-3H3,(H,11,12). The minimum absolute atomic E-state index is 0.0946. The Morgan fingerprint density at radius 3 is 2.50 bits per heavy atom. The van der Waals surface area contributed by atoms with E-state index in [0.29, 0.717) is 6.04 Å². The van der Waals surface area contributed by atoms with Crippen LogP contribution in [0.1, 0.15) is 40.0 Å². The van der Waals surface area contributed by atoms with Crippen LogP contribution in [0, 0.1) is 5.41 Å². The van der Waals surface area contributed by atoms with E-state index >= 15 is 0 Å². The number of amidine groups is 1. The summed E-state index contributed by atoms with van der Waals surface area (Å²) in [7, 11) is 0. The van der Waals surface area contributed by atoms with Gasteiger partial charge in [0.05, 0.1) is 6.04 Å². The average molecular weight is 169 g/mol. The van der Waals surface area contributed by atoms with Crippen LogP contribution in [0.4, 0.5) is 0 Å². The van der Waals surface area contributed by atoms with Crippen LogP contribution in [0.2, 0.25) is 0 Å². The SMILES string of the molecule is CCC(C)(C)C(=NC1CC1)NN. The number of hydrogen-bond acceptors (Lipinski definition) is 2. The summed E-state index contributed by atoms with van der Waals surface area (Å²) in [6, 6.07) is 0.543. The van der Waals surface area contributed by atoms with Crippen molar-refractivity contribution in [2.45, 2.75) is 46.1 Å². The molecule has 1 saturated carbocycles. The van der Waals surface area contributed by atoms with Gasteiger partial charge < -0.3 is 5.43 Å². The molecule has 70 valence electrons. The molecule has 12 heavy (non-hydrogen) atoms. The second kappa shape index (κ2) is 3.44. The topological polar surface area (TPSA) is 50.4 Å². The van der Waals surface area contributed by atoms with Crippen LogP contribution in [0.25, 0.3) is 0 Å². The highest BCUT2D eigenvalue weighted by Gasteiger charge is 2.27. The molecule has 0 aromatic rings. The average Bonchev–Trinajstić information content (AvgIpc) is 2.83. The molecule has 0 radical (unpaired) electrons. The Kier molecular flexibility index (Phi) is 2.73. The van der Waals surface area contributed by atoms with Gasteiger partial charge in [0.25, 0.3) is 0 Å². The summed E-state index contributed by atoms with van der Waals surface area (Å²) < 4.78 is 0. The van der Waals surface area contributed by atoms with E-state index in [1.165, 1.54) is 12.8 Å². The summed E-state index contributed by atoms with van der Waals surface area (Å²) in [5.41, 5.74) is 2.81. The predicted molar refractivity (Wildman–Crippen MR) is 51.9 cm³/mol. The first-order valence-corrected chi connectivity index (χ1v) is 4.65. The number of hydrazine groups is 1. The Morgan fingerprint density at radius 1 is 1.58 bits per heavy atom. The summed E-state index contributed by atoms with van der Waals surface area (Å²) in [6.07, 6.45) is 3.51. The number of aliphatic imine (C=N–C) groups is 1. The van der Waals surface area contributed by atoms with Gasteiger partial charge in [-0.15, -0.1) is 0 Å². The zero-order valence-corrected chi connectivity index (χ0v) is 8.22. The van der Waals surface area contributed by atoms with Crippen molar-refractivity contribution in [2.75, 3.05) is 0 Å². The van der Waals surface area contributed by atoms with E-state index in [2.05, 4.69) is 31.2 Å². The van der Waals surface area contributed by atoms with Crippen LogP contribution >= 0.6 is 0 Å². The lowest BCUT2D eigenvalue weighted by atomic mass is 9.89. The third kappa shape index (κ3) is 2.21. The van der Waals surface area contributed by atoms with E-state index in [1.807, 2.05) is 0 Å². The monoisotopic (exact) mass is 169 g/mol. The lowest BCUT2D eigenvalue weighted by Crippen LogP contribution is -2.41. The van der Waals surface area contributed by atoms with E-state index < -0.39 is 0 Å². The van der Waals surface area contributed by atoms with Gasteiger partial charge in [-0.05, 0) is 19.3 Å². The minimum Gasteiger partial charge on any atom is -0.312 e. The quantitative estimate of drug-likeness (QED) is 0.291. The van der Waals surface area contributed by atoms with Crippen molar-refractivity contribution in [3.8, 4) is 0 Å². The maximum Gasteiger partial charge on any atom is 0.116 e. The van der Waals surface area contributed by atoms with Gasteiger partial charge in [0.1, 0.15) is 5.84 Å². The summed E-state index contributed by atoms with van der Waals surface area (Å²) in [5, 5.41) is 0. The molecule has 0 amide bonds. The van der Waals surface area contributed by atoms with Crippen molar-refractivity contribution in [1.29, 1.82) is 0 Å². The molecule has 0 aliphatic heterocycles. The molecule has 0 unspecified atom stereocenters. The van der Waals surface area contributed by atoms with Crippen molar-refractivity contribution in [3.05, 3.63) is 0 Å². The molecule has 0 aromatic carbocycles. The van der Waals surface area contributed by atoms with Crippen molar-refractivity contribution in [1.82, 2.24) is 5.43 Å². The Bertz CT molecular complexity index is 180. The minimum atomic E-state index is 0.0946. The normalized spacial score (nSPS) is 19.5. The molecule has 0 saturated heterocycles. The van der Waals surface area contributed by atoms with Crippen LogP contribution in [0.5, 0.6) is 0 Å². The molecule has 0 aromatic heterocycles. The number of nitrogens with zero attached hydrogens (tertiary/aromatic N) is 1. The van der Waals surface area contributed by atoms with E-state index in [9.17, 15) is 0 Å². The third-order valence-electron chi connectivity index (χ3n) is 2.52. The Hall–Kier alpha value is -0.570. The second-order valence-corrected chi connectivity index (χ2v) is 4.09. The molecule has 1 aliphatic rings. The van der Waals surface area contributed by atoms with Crippen LogP contribution in [-0.2, 0) is 0 Å². The molecule has 1 fully saturated rings. The highest BCUT2D eigenvalue weighted by Crippen LogP contribution is 2.27. The third-order valence-corrected chi connectivity index (χ3v) is 2.52. The van der Waals surface area contributed by atoms with Crippen molar-refractivity contribution >= 4 is 5.84 Å². The molecule has 3 N–H and O–H groups in total. The van der Waals surface area contributed by atoms with Gasteiger partial charge in [-0.25, -0.2) is 5.84 Å². The molecular formula is C9H19N3. The highest BCUT2D eigenvalue weighted by atomic mass is 15.3. The van der Waals surface area contributed by atoms with Gasteiger partial charge in [-0.2, -0.15) is 0 Å². The fourth-order valence-corrected chi connectivity index (χ4v) is 0.961. The molecule has 1 rings (SSSR count). The lowest BCUT2D eigenvalue weighted by Gasteiger charge is -2.24. The number of rotatable bonds is 3. The zero-order valence-electron chi connectivity index (χ0n) is 8.22. The summed E-state index contributed by atoms with van der Waals surface area (Å²) >= 11 is 0. The molecule has 0 bridgehead atoms. The summed E-state index contributed by atoms with van der Waals surface area (Å²) in [4.78, 5) is 4.53. The molecular weight excluding hydrogens is 150 g/mol. The number of nitrogens with one attached hydrogen (secondary N) is 1. The molecule has 0 spiro atoms. The molecule has 3 nitrogen and oxygen atoms in total. The maximum atomic E-state index is 5.43. The molecule has 0 heterocycles. The van der Waals surface area contributed by atoms with Gasteiger partial charge in [-0.1, -0.05) is 20.8 Å². The zero-order chi connectivity index (χ0) is 9.19. The van der Waals surface area contributed by atoms with Gasteiger partial charge in [0.2, 0.25) is 0 Å². The smallest absolute Gasteiger partial charge is 0.116 e. The van der Waals surface area contributed by atoms with E-state index in [1.54, 1.807) is 0 Å². The van der Waals surface area contributed by atoms with E-state index in [-0.39, 0.29) is 5.41 Å². The van der Waals surface area contributed by atoms with Crippen molar-refractivity contribution in [2.24, 2.45) is 16.3 Å². The van der Waals surface area contributed by atoms with Gasteiger partial charge in [0.15, 0.2) is 0 Å². The first-order chi connectivity index (χ1) is 5.60. The Morgan fingerprint density at radius 2 is 2.17 bits per heavy atom. The number of hydrogen-bond donors (Lipinski definition) is 2.